The van der Waals surface area contributed by atoms with Crippen LogP contribution in [-0.4, -0.2) is 15.9 Å². The molecule has 7 heteroatoms. The number of nitro benzene ring substituents is 1. The highest BCUT2D eigenvalue weighted by molar-refractivity contribution is 6.34. The van der Waals surface area contributed by atoms with Gasteiger partial charge < -0.3 is 10.4 Å². The van der Waals surface area contributed by atoms with E-state index in [1.54, 1.807) is 12.1 Å². The van der Waals surface area contributed by atoms with Crippen LogP contribution in [0, 0.1) is 10.1 Å². The van der Waals surface area contributed by atoms with Gasteiger partial charge in [-0.2, -0.15) is 0 Å². The normalized spacial score (nSPS) is 10.1. The van der Waals surface area contributed by atoms with Gasteiger partial charge in [-0.1, -0.05) is 29.8 Å². The van der Waals surface area contributed by atoms with Crippen LogP contribution in [-0.2, 0) is 6.54 Å². The van der Waals surface area contributed by atoms with Crippen LogP contribution < -0.4 is 5.32 Å². The van der Waals surface area contributed by atoms with Crippen molar-refractivity contribution in [1.29, 1.82) is 0 Å². The number of carbonyl (C=O) groups is 1. The van der Waals surface area contributed by atoms with Crippen LogP contribution in [0.4, 0.5) is 5.69 Å². The van der Waals surface area contributed by atoms with Gasteiger partial charge in [0.2, 0.25) is 0 Å². The highest BCUT2D eigenvalue weighted by Crippen LogP contribution is 2.26. The fraction of sp³-hybridized carbons (Fsp3) is 0.0714. The number of hydrogen-bond donors (Lipinski definition) is 2. The summed E-state index contributed by atoms with van der Waals surface area (Å²) in [6, 6.07) is 10.4. The maximum absolute atomic E-state index is 12.1. The van der Waals surface area contributed by atoms with Crippen molar-refractivity contribution in [3.05, 3.63) is 68.7 Å². The molecule has 0 aliphatic carbocycles. The minimum atomic E-state index is -0.658. The van der Waals surface area contributed by atoms with Crippen molar-refractivity contribution < 1.29 is 14.8 Å². The Balaban J connectivity index is 2.19. The minimum Gasteiger partial charge on any atom is -0.508 e. The second-order valence-corrected chi connectivity index (χ2v) is 4.65. The second-order valence-electron chi connectivity index (χ2n) is 4.24. The highest BCUT2D eigenvalue weighted by atomic mass is 35.5. The number of nitrogens with zero attached hydrogens (tertiary/aromatic N) is 1. The quantitative estimate of drug-likeness (QED) is 0.671. The van der Waals surface area contributed by atoms with Gasteiger partial charge in [0, 0.05) is 12.6 Å². The summed E-state index contributed by atoms with van der Waals surface area (Å²) in [5.74, 6) is -0.568. The lowest BCUT2D eigenvalue weighted by Crippen LogP contribution is -2.24. The maximum atomic E-state index is 12.1. The Morgan fingerprint density at radius 3 is 2.67 bits per heavy atom. The molecule has 21 heavy (non-hydrogen) atoms. The number of phenolic OH excluding ortho intramolecular Hbond substituents is 1. The maximum Gasteiger partial charge on any atom is 0.283 e. The first-order chi connectivity index (χ1) is 9.99. The van der Waals surface area contributed by atoms with E-state index in [-0.39, 0.29) is 28.6 Å². The number of aromatic hydroxyl groups is 1. The molecule has 0 radical (unpaired) electrons. The van der Waals surface area contributed by atoms with Crippen molar-refractivity contribution in [3.8, 4) is 5.75 Å². The first kappa shape index (κ1) is 14.8. The van der Waals surface area contributed by atoms with Crippen molar-refractivity contribution in [2.75, 3.05) is 0 Å². The number of nitro groups is 1. The van der Waals surface area contributed by atoms with Gasteiger partial charge >= 0.3 is 0 Å². The topological polar surface area (TPSA) is 92.5 Å². The number of carbonyl (C=O) groups excluding carboxylic acids is 1. The molecule has 0 saturated carbocycles. The largest absolute Gasteiger partial charge is 0.508 e. The third-order valence-electron chi connectivity index (χ3n) is 2.78. The van der Waals surface area contributed by atoms with Gasteiger partial charge in [0.25, 0.3) is 11.6 Å². The molecular formula is C14H11ClN2O4. The van der Waals surface area contributed by atoms with Gasteiger partial charge in [0.15, 0.2) is 0 Å². The number of amides is 1. The average molecular weight is 307 g/mol. The van der Waals surface area contributed by atoms with E-state index in [0.717, 1.165) is 0 Å². The standard InChI is InChI=1S/C14H11ClN2O4/c15-11-5-2-6-12(17(20)21)13(11)14(19)16-8-9-3-1-4-10(18)7-9/h1-7,18H,8H2,(H,16,19). The predicted octanol–water partition coefficient (Wildman–Crippen LogP) is 2.88. The Morgan fingerprint density at radius 2 is 2.00 bits per heavy atom. The minimum absolute atomic E-state index is 0.0117. The SMILES string of the molecule is O=C(NCc1cccc(O)c1)c1c(Cl)cccc1[N+](=O)[O-]. The summed E-state index contributed by atoms with van der Waals surface area (Å²) in [6.45, 7) is 0.121. The van der Waals surface area contributed by atoms with E-state index in [0.29, 0.717) is 5.56 Å². The van der Waals surface area contributed by atoms with Gasteiger partial charge in [0.1, 0.15) is 11.3 Å². The van der Waals surface area contributed by atoms with Crippen LogP contribution in [0.2, 0.25) is 5.02 Å². The molecule has 2 N–H and O–H groups in total. The molecule has 0 saturated heterocycles. The Bertz CT molecular complexity index is 703. The molecule has 0 spiro atoms. The van der Waals surface area contributed by atoms with E-state index in [1.165, 1.54) is 30.3 Å². The molecule has 2 aromatic carbocycles. The number of benzene rings is 2. The lowest BCUT2D eigenvalue weighted by Gasteiger charge is -2.07. The molecule has 0 bridgehead atoms. The first-order valence-corrected chi connectivity index (χ1v) is 6.36. The van der Waals surface area contributed by atoms with Gasteiger partial charge in [-0.25, -0.2) is 0 Å². The Morgan fingerprint density at radius 1 is 1.29 bits per heavy atom. The summed E-state index contributed by atoms with van der Waals surface area (Å²) in [7, 11) is 0. The van der Waals surface area contributed by atoms with E-state index in [4.69, 9.17) is 11.6 Å². The third-order valence-corrected chi connectivity index (χ3v) is 3.09. The molecule has 2 rings (SSSR count). The average Bonchev–Trinajstić information content (AvgIpc) is 2.44. The molecule has 2 aromatic rings. The van der Waals surface area contributed by atoms with E-state index in [1.807, 2.05) is 0 Å². The molecular weight excluding hydrogens is 296 g/mol. The van der Waals surface area contributed by atoms with Crippen LogP contribution in [0.1, 0.15) is 15.9 Å². The molecule has 0 aromatic heterocycles. The Hall–Kier alpha value is -2.60. The van der Waals surface area contributed by atoms with Crippen LogP contribution in [0.25, 0.3) is 0 Å². The molecule has 0 heterocycles. The fourth-order valence-corrected chi connectivity index (χ4v) is 2.08. The number of hydrogen-bond acceptors (Lipinski definition) is 4. The fourth-order valence-electron chi connectivity index (χ4n) is 1.83. The molecule has 0 fully saturated rings. The van der Waals surface area contributed by atoms with Crippen LogP contribution in [0.3, 0.4) is 0 Å². The van der Waals surface area contributed by atoms with Crippen LogP contribution >= 0.6 is 11.6 Å². The zero-order valence-electron chi connectivity index (χ0n) is 10.7. The van der Waals surface area contributed by atoms with Gasteiger partial charge in [0.05, 0.1) is 9.95 Å². The molecule has 108 valence electrons. The van der Waals surface area contributed by atoms with Crippen molar-refractivity contribution in [2.45, 2.75) is 6.54 Å². The van der Waals surface area contributed by atoms with Crippen molar-refractivity contribution in [3.63, 3.8) is 0 Å². The van der Waals surface area contributed by atoms with Crippen molar-refractivity contribution >= 4 is 23.2 Å². The number of halogens is 1. The Kier molecular flexibility index (Phi) is 4.39. The van der Waals surface area contributed by atoms with Crippen molar-refractivity contribution in [1.82, 2.24) is 5.32 Å². The van der Waals surface area contributed by atoms with Gasteiger partial charge in [-0.15, -0.1) is 0 Å². The monoisotopic (exact) mass is 306 g/mol. The summed E-state index contributed by atoms with van der Waals surface area (Å²) < 4.78 is 0. The van der Waals surface area contributed by atoms with E-state index < -0.39 is 10.8 Å². The van der Waals surface area contributed by atoms with Crippen LogP contribution in [0.5, 0.6) is 5.75 Å². The molecule has 6 nitrogen and oxygen atoms in total. The highest BCUT2D eigenvalue weighted by Gasteiger charge is 2.22. The number of nitrogens with one attached hydrogen (secondary N) is 1. The zero-order chi connectivity index (χ0) is 15.4. The lowest BCUT2D eigenvalue weighted by molar-refractivity contribution is -0.385. The lowest BCUT2D eigenvalue weighted by atomic mass is 10.1. The predicted molar refractivity (Wildman–Crippen MR) is 77.4 cm³/mol. The van der Waals surface area contributed by atoms with E-state index in [9.17, 15) is 20.0 Å². The second kappa shape index (κ2) is 6.23. The van der Waals surface area contributed by atoms with Crippen LogP contribution in [0.15, 0.2) is 42.5 Å². The van der Waals surface area contributed by atoms with E-state index in [2.05, 4.69) is 5.32 Å². The van der Waals surface area contributed by atoms with Gasteiger partial charge in [-0.3, -0.25) is 14.9 Å². The molecule has 0 unspecified atom stereocenters. The summed E-state index contributed by atoms with van der Waals surface area (Å²) >= 11 is 5.87. The van der Waals surface area contributed by atoms with E-state index >= 15 is 0 Å². The molecule has 0 aliphatic rings. The summed E-state index contributed by atoms with van der Waals surface area (Å²) in [6.07, 6.45) is 0. The number of rotatable bonds is 4. The summed E-state index contributed by atoms with van der Waals surface area (Å²) in [5, 5.41) is 22.8. The Labute approximate surface area is 125 Å². The smallest absolute Gasteiger partial charge is 0.283 e. The zero-order valence-corrected chi connectivity index (χ0v) is 11.5. The third kappa shape index (κ3) is 3.49. The molecule has 0 atom stereocenters. The first-order valence-electron chi connectivity index (χ1n) is 5.98. The van der Waals surface area contributed by atoms with Gasteiger partial charge in [-0.05, 0) is 23.8 Å². The molecule has 1 amide bonds. The summed E-state index contributed by atoms with van der Waals surface area (Å²) in [5.41, 5.74) is 0.137. The summed E-state index contributed by atoms with van der Waals surface area (Å²) in [4.78, 5) is 22.4. The molecule has 0 aliphatic heterocycles. The number of phenols is 1. The van der Waals surface area contributed by atoms with Crippen molar-refractivity contribution in [2.24, 2.45) is 0 Å².